The fraction of sp³-hybridized carbons (Fsp3) is 0.417. The molecule has 0 unspecified atom stereocenters. The van der Waals surface area contributed by atoms with E-state index in [9.17, 15) is 4.79 Å². The van der Waals surface area contributed by atoms with E-state index in [1.807, 2.05) is 44.2 Å². The van der Waals surface area contributed by atoms with Gasteiger partial charge in [-0.3, -0.25) is 4.79 Å². The summed E-state index contributed by atoms with van der Waals surface area (Å²) in [6.45, 7) is 6.00. The number of aryl methyl sites for hydroxylation is 1. The zero-order valence-corrected chi connectivity index (χ0v) is 18.1. The van der Waals surface area contributed by atoms with E-state index in [0.717, 1.165) is 54.3 Å². The summed E-state index contributed by atoms with van der Waals surface area (Å²) in [5.41, 5.74) is 4.13. The van der Waals surface area contributed by atoms with Crippen molar-refractivity contribution in [1.29, 1.82) is 0 Å². The normalized spacial score (nSPS) is 14.0. The molecule has 0 spiro atoms. The molecule has 1 saturated carbocycles. The second kappa shape index (κ2) is 10.7. The highest BCUT2D eigenvalue weighted by Crippen LogP contribution is 2.27. The summed E-state index contributed by atoms with van der Waals surface area (Å²) >= 11 is 0. The van der Waals surface area contributed by atoms with E-state index >= 15 is 0 Å². The lowest BCUT2D eigenvalue weighted by Crippen LogP contribution is -2.36. The average Bonchev–Trinajstić information content (AvgIpc) is 2.69. The zero-order valence-electron chi connectivity index (χ0n) is 18.1. The third-order valence-corrected chi connectivity index (χ3v) is 5.32. The number of carbonyl (C=O) groups is 1. The van der Waals surface area contributed by atoms with Gasteiger partial charge >= 0.3 is 0 Å². The van der Waals surface area contributed by atoms with Crippen LogP contribution < -0.4 is 20.7 Å². The van der Waals surface area contributed by atoms with Crippen LogP contribution in [-0.4, -0.2) is 25.5 Å². The molecule has 0 saturated heterocycles. The van der Waals surface area contributed by atoms with Crippen molar-refractivity contribution < 1.29 is 9.53 Å². The summed E-state index contributed by atoms with van der Waals surface area (Å²) in [5, 5.41) is 9.67. The van der Waals surface area contributed by atoms with Crippen LogP contribution in [0.3, 0.4) is 0 Å². The molecule has 1 aliphatic rings. The van der Waals surface area contributed by atoms with Gasteiger partial charge in [0, 0.05) is 30.3 Å². The van der Waals surface area contributed by atoms with Crippen molar-refractivity contribution >= 4 is 17.6 Å². The highest BCUT2D eigenvalue weighted by Gasteiger charge is 2.25. The Labute approximate surface area is 179 Å². The Bertz CT molecular complexity index is 891. The van der Waals surface area contributed by atoms with Gasteiger partial charge in [0.05, 0.1) is 13.7 Å². The first-order chi connectivity index (χ1) is 14.6. The molecule has 160 valence electrons. The summed E-state index contributed by atoms with van der Waals surface area (Å²) in [6, 6.07) is 14.1. The van der Waals surface area contributed by atoms with Crippen LogP contribution in [0.1, 0.15) is 42.9 Å². The predicted octanol–water partition coefficient (Wildman–Crippen LogP) is 4.00. The minimum absolute atomic E-state index is 0.129. The number of methoxy groups -OCH3 is 1. The molecule has 0 heterocycles. The van der Waals surface area contributed by atoms with Gasteiger partial charge in [0.15, 0.2) is 5.96 Å². The number of nitrogens with one attached hydrogen (secondary N) is 3. The molecule has 0 aromatic heterocycles. The van der Waals surface area contributed by atoms with Gasteiger partial charge in [0.2, 0.25) is 5.91 Å². The van der Waals surface area contributed by atoms with Crippen molar-refractivity contribution in [2.75, 3.05) is 19.0 Å². The molecule has 1 fully saturated rings. The van der Waals surface area contributed by atoms with Gasteiger partial charge in [-0.15, -0.1) is 0 Å². The van der Waals surface area contributed by atoms with Crippen LogP contribution in [0.2, 0.25) is 0 Å². The molecule has 0 aliphatic heterocycles. The van der Waals surface area contributed by atoms with Gasteiger partial charge in [-0.2, -0.15) is 0 Å². The van der Waals surface area contributed by atoms with Crippen molar-refractivity contribution in [1.82, 2.24) is 10.6 Å². The van der Waals surface area contributed by atoms with Crippen LogP contribution in [0.15, 0.2) is 47.5 Å². The van der Waals surface area contributed by atoms with Gasteiger partial charge in [0.1, 0.15) is 5.75 Å². The smallest absolute Gasteiger partial charge is 0.227 e. The van der Waals surface area contributed by atoms with E-state index in [1.165, 1.54) is 5.56 Å². The third-order valence-electron chi connectivity index (χ3n) is 5.32. The molecule has 6 heteroatoms. The van der Waals surface area contributed by atoms with Gasteiger partial charge in [-0.05, 0) is 56.0 Å². The minimum Gasteiger partial charge on any atom is -0.496 e. The summed E-state index contributed by atoms with van der Waals surface area (Å²) in [4.78, 5) is 16.9. The van der Waals surface area contributed by atoms with Crippen molar-refractivity contribution in [2.45, 2.75) is 46.2 Å². The second-order valence-electron chi connectivity index (χ2n) is 7.68. The number of ether oxygens (including phenoxy) is 1. The first-order valence-corrected chi connectivity index (χ1v) is 10.6. The number of carbonyl (C=O) groups excluding carboxylic acids is 1. The molecule has 30 heavy (non-hydrogen) atoms. The van der Waals surface area contributed by atoms with Crippen LogP contribution in [0.25, 0.3) is 0 Å². The SMILES string of the molecule is CCNC(=NCc1cccc(NC(=O)C2CCC2)c1)NCc1ccc(C)cc1OC. The monoisotopic (exact) mass is 408 g/mol. The number of anilines is 1. The first-order valence-electron chi connectivity index (χ1n) is 10.6. The summed E-state index contributed by atoms with van der Waals surface area (Å²) in [5.74, 6) is 1.91. The zero-order chi connectivity index (χ0) is 21.3. The van der Waals surface area contributed by atoms with Crippen LogP contribution >= 0.6 is 0 Å². The fourth-order valence-corrected chi connectivity index (χ4v) is 3.35. The van der Waals surface area contributed by atoms with Crippen molar-refractivity contribution in [3.05, 3.63) is 59.2 Å². The first kappa shape index (κ1) is 21.7. The largest absolute Gasteiger partial charge is 0.496 e. The molecule has 0 radical (unpaired) electrons. The summed E-state index contributed by atoms with van der Waals surface area (Å²) < 4.78 is 5.49. The van der Waals surface area contributed by atoms with Gasteiger partial charge in [0.25, 0.3) is 0 Å². The number of amides is 1. The lowest BCUT2D eigenvalue weighted by atomic mass is 9.85. The number of benzene rings is 2. The molecule has 3 N–H and O–H groups in total. The summed E-state index contributed by atoms with van der Waals surface area (Å²) in [6.07, 6.45) is 3.15. The standard InChI is InChI=1S/C24H32N4O2/c1-4-25-24(27-16-20-12-11-17(2)13-22(20)30-3)26-15-18-7-5-10-21(14-18)28-23(29)19-8-6-9-19/h5,7,10-14,19H,4,6,8-9,15-16H2,1-3H3,(H,28,29)(H2,25,26,27). The predicted molar refractivity (Wildman–Crippen MR) is 122 cm³/mol. The molecule has 3 rings (SSSR count). The molecule has 0 atom stereocenters. The number of rotatable bonds is 8. The van der Waals surface area contributed by atoms with Crippen LogP contribution in [-0.2, 0) is 17.9 Å². The molecule has 2 aromatic rings. The fourth-order valence-electron chi connectivity index (χ4n) is 3.35. The van der Waals surface area contributed by atoms with Gasteiger partial charge in [-0.1, -0.05) is 30.7 Å². The van der Waals surface area contributed by atoms with Crippen molar-refractivity contribution in [3.63, 3.8) is 0 Å². The maximum atomic E-state index is 12.2. The number of guanidine groups is 1. The Morgan fingerprint density at radius 1 is 1.17 bits per heavy atom. The Balaban J connectivity index is 1.61. The van der Waals surface area contributed by atoms with E-state index in [4.69, 9.17) is 9.73 Å². The Hall–Kier alpha value is -3.02. The highest BCUT2D eigenvalue weighted by atomic mass is 16.5. The molecule has 6 nitrogen and oxygen atoms in total. The van der Waals surface area contributed by atoms with Crippen molar-refractivity contribution in [3.8, 4) is 5.75 Å². The van der Waals surface area contributed by atoms with Crippen LogP contribution in [0.5, 0.6) is 5.75 Å². The number of aliphatic imine (C=N–C) groups is 1. The van der Waals surface area contributed by atoms with Gasteiger partial charge in [-0.25, -0.2) is 4.99 Å². The van der Waals surface area contributed by atoms with Crippen molar-refractivity contribution in [2.24, 2.45) is 10.9 Å². The average molecular weight is 409 g/mol. The van der Waals surface area contributed by atoms with Crippen LogP contribution in [0.4, 0.5) is 5.69 Å². The maximum Gasteiger partial charge on any atom is 0.227 e. The minimum atomic E-state index is 0.129. The van der Waals surface area contributed by atoms with E-state index in [-0.39, 0.29) is 11.8 Å². The highest BCUT2D eigenvalue weighted by molar-refractivity contribution is 5.93. The molecule has 1 amide bonds. The molecular formula is C24H32N4O2. The quantitative estimate of drug-likeness (QED) is 0.456. The lowest BCUT2D eigenvalue weighted by Gasteiger charge is -2.24. The lowest BCUT2D eigenvalue weighted by molar-refractivity contribution is -0.122. The van der Waals surface area contributed by atoms with Gasteiger partial charge < -0.3 is 20.7 Å². The maximum absolute atomic E-state index is 12.2. The number of hydrogen-bond donors (Lipinski definition) is 3. The van der Waals surface area contributed by atoms with Crippen LogP contribution in [0, 0.1) is 12.8 Å². The molecule has 2 aromatic carbocycles. The van der Waals surface area contributed by atoms with E-state index in [1.54, 1.807) is 7.11 Å². The summed E-state index contributed by atoms with van der Waals surface area (Å²) in [7, 11) is 1.69. The Kier molecular flexibility index (Phi) is 7.71. The molecule has 0 bridgehead atoms. The van der Waals surface area contributed by atoms with E-state index in [0.29, 0.717) is 13.1 Å². The molecule has 1 aliphatic carbocycles. The Morgan fingerprint density at radius 2 is 2.00 bits per heavy atom. The second-order valence-corrected chi connectivity index (χ2v) is 7.68. The number of nitrogens with zero attached hydrogens (tertiary/aromatic N) is 1. The molecular weight excluding hydrogens is 376 g/mol. The topological polar surface area (TPSA) is 74.8 Å². The van der Waals surface area contributed by atoms with E-state index in [2.05, 4.69) is 28.1 Å². The van der Waals surface area contributed by atoms with E-state index < -0.39 is 0 Å². The third kappa shape index (κ3) is 5.99. The number of hydrogen-bond acceptors (Lipinski definition) is 3. The Morgan fingerprint density at radius 3 is 2.70 bits per heavy atom.